The highest BCUT2D eigenvalue weighted by molar-refractivity contribution is 7.71. The van der Waals surface area contributed by atoms with Crippen LogP contribution >= 0.6 is 12.2 Å². The Bertz CT molecular complexity index is 1270. The fraction of sp³-hybridized carbons (Fsp3) is 0.385. The molecule has 4 rings (SSSR count). The summed E-state index contributed by atoms with van der Waals surface area (Å²) < 4.78 is 9.25. The summed E-state index contributed by atoms with van der Waals surface area (Å²) in [5, 5.41) is 4.00. The van der Waals surface area contributed by atoms with Gasteiger partial charge in [-0.15, -0.1) is 0 Å². The maximum atomic E-state index is 13.2. The Morgan fingerprint density at radius 1 is 1.10 bits per heavy atom. The van der Waals surface area contributed by atoms with E-state index >= 15 is 0 Å². The lowest BCUT2D eigenvalue weighted by molar-refractivity contribution is 0.0472. The summed E-state index contributed by atoms with van der Waals surface area (Å²) in [6.45, 7) is 15.1. The average molecular weight is 435 g/mol. The lowest BCUT2D eigenvalue weighted by atomic mass is 9.91. The quantitative estimate of drug-likeness (QED) is 0.494. The fourth-order valence-electron chi connectivity index (χ4n) is 4.29. The van der Waals surface area contributed by atoms with Gasteiger partial charge in [0.15, 0.2) is 0 Å². The number of aryl methyl sites for hydroxylation is 2. The molecule has 1 unspecified atom stereocenters. The smallest absolute Gasteiger partial charge is 0.254 e. The summed E-state index contributed by atoms with van der Waals surface area (Å²) in [5.74, 6) is 0.728. The van der Waals surface area contributed by atoms with Gasteiger partial charge in [0, 0.05) is 18.1 Å². The Labute approximate surface area is 189 Å². The molecule has 0 fully saturated rings. The van der Waals surface area contributed by atoms with Gasteiger partial charge >= 0.3 is 0 Å². The maximum absolute atomic E-state index is 13.2. The van der Waals surface area contributed by atoms with Gasteiger partial charge in [0.1, 0.15) is 11.4 Å². The van der Waals surface area contributed by atoms with Crippen LogP contribution in [-0.2, 0) is 6.54 Å². The normalized spacial score (nSPS) is 16.8. The molecule has 3 aromatic rings. The average Bonchev–Trinajstić information content (AvgIpc) is 2.73. The fourth-order valence-corrected chi connectivity index (χ4v) is 4.68. The molecule has 1 aromatic heterocycles. The second kappa shape index (κ2) is 7.49. The molecule has 1 atom stereocenters. The van der Waals surface area contributed by atoms with Crippen molar-refractivity contribution < 1.29 is 9.53 Å². The van der Waals surface area contributed by atoms with E-state index in [-0.39, 0.29) is 11.9 Å². The van der Waals surface area contributed by atoms with E-state index in [0.29, 0.717) is 16.6 Å². The predicted molar refractivity (Wildman–Crippen MR) is 129 cm³/mol. The molecule has 1 aliphatic heterocycles. The molecule has 162 valence electrons. The third-order valence-corrected chi connectivity index (χ3v) is 7.32. The van der Waals surface area contributed by atoms with Crippen molar-refractivity contribution in [1.29, 1.82) is 0 Å². The first-order valence-electron chi connectivity index (χ1n) is 10.7. The van der Waals surface area contributed by atoms with Crippen LogP contribution in [0.5, 0.6) is 5.75 Å². The molecule has 4 nitrogen and oxygen atoms in total. The molecule has 5 heteroatoms. The van der Waals surface area contributed by atoms with Crippen LogP contribution in [0.2, 0.25) is 0 Å². The third kappa shape index (κ3) is 3.45. The highest BCUT2D eigenvalue weighted by atomic mass is 32.1. The second-order valence-corrected chi connectivity index (χ2v) is 9.66. The Hall–Kier alpha value is -2.66. The number of pyridine rings is 1. The molecule has 0 radical (unpaired) electrons. The first-order valence-corrected chi connectivity index (χ1v) is 11.1. The standard InChI is InChI=1S/C26H30N2O2S/c1-14-8-10-19(11-9-14)12-27-25(29)20-13-28-18(5)26(6,7)30-23-17(4)15(2)16(3)21(22(23)28)24(20)31/h8-11,13,18H,12H2,1-7H3,(H,27,29). The van der Waals surface area contributed by atoms with E-state index < -0.39 is 5.60 Å². The van der Waals surface area contributed by atoms with Gasteiger partial charge in [-0.25, -0.2) is 0 Å². The van der Waals surface area contributed by atoms with E-state index in [4.69, 9.17) is 17.0 Å². The van der Waals surface area contributed by atoms with Crippen LogP contribution in [0.4, 0.5) is 0 Å². The molecule has 1 N–H and O–H groups in total. The number of rotatable bonds is 3. The summed E-state index contributed by atoms with van der Waals surface area (Å²) in [7, 11) is 0. The molecular formula is C26H30N2O2S. The van der Waals surface area contributed by atoms with E-state index in [1.165, 1.54) is 5.56 Å². The SMILES string of the molecule is Cc1ccc(CNC(=O)c2cn3c4c(c(C)c(C)c(C)c4c2=S)OC(C)(C)C3C)cc1. The molecule has 0 saturated carbocycles. The summed E-state index contributed by atoms with van der Waals surface area (Å²) in [6, 6.07) is 8.22. The first kappa shape index (κ1) is 21.6. The largest absolute Gasteiger partial charge is 0.483 e. The van der Waals surface area contributed by atoms with Crippen molar-refractivity contribution in [3.05, 3.63) is 68.4 Å². The number of hydrogen-bond acceptors (Lipinski definition) is 3. The van der Waals surface area contributed by atoms with Crippen molar-refractivity contribution in [2.24, 2.45) is 0 Å². The molecule has 2 aromatic carbocycles. The lowest BCUT2D eigenvalue weighted by Gasteiger charge is -2.41. The lowest BCUT2D eigenvalue weighted by Crippen LogP contribution is -2.41. The van der Waals surface area contributed by atoms with Gasteiger partial charge in [-0.1, -0.05) is 42.0 Å². The minimum atomic E-state index is -0.407. The monoisotopic (exact) mass is 434 g/mol. The predicted octanol–water partition coefficient (Wildman–Crippen LogP) is 6.27. The highest BCUT2D eigenvalue weighted by Gasteiger charge is 2.37. The van der Waals surface area contributed by atoms with Crippen molar-refractivity contribution >= 4 is 29.0 Å². The first-order chi connectivity index (χ1) is 14.5. The highest BCUT2D eigenvalue weighted by Crippen LogP contribution is 2.45. The van der Waals surface area contributed by atoms with Crippen LogP contribution in [0.1, 0.15) is 65.0 Å². The van der Waals surface area contributed by atoms with E-state index in [9.17, 15) is 4.79 Å². The summed E-state index contributed by atoms with van der Waals surface area (Å²) in [5.41, 5.74) is 6.78. The number of carbonyl (C=O) groups excluding carboxylic acids is 1. The zero-order valence-electron chi connectivity index (χ0n) is 19.3. The number of amides is 1. The number of aromatic nitrogens is 1. The molecule has 1 amide bonds. The topological polar surface area (TPSA) is 43.3 Å². The zero-order valence-corrected chi connectivity index (χ0v) is 20.2. The number of ether oxygens (including phenoxy) is 1. The molecule has 0 bridgehead atoms. The van der Waals surface area contributed by atoms with Crippen molar-refractivity contribution in [1.82, 2.24) is 9.88 Å². The van der Waals surface area contributed by atoms with Gasteiger partial charge in [0.05, 0.1) is 21.6 Å². The second-order valence-electron chi connectivity index (χ2n) is 9.26. The Morgan fingerprint density at radius 2 is 1.74 bits per heavy atom. The molecule has 2 heterocycles. The Balaban J connectivity index is 1.86. The molecular weight excluding hydrogens is 404 g/mol. The summed E-state index contributed by atoms with van der Waals surface area (Å²) in [4.78, 5) is 13.2. The number of nitrogens with zero attached hydrogens (tertiary/aromatic N) is 1. The molecule has 1 aliphatic rings. The summed E-state index contributed by atoms with van der Waals surface area (Å²) in [6.07, 6.45) is 1.92. The van der Waals surface area contributed by atoms with Crippen LogP contribution in [-0.4, -0.2) is 16.1 Å². The van der Waals surface area contributed by atoms with Crippen LogP contribution < -0.4 is 10.1 Å². The van der Waals surface area contributed by atoms with E-state index in [2.05, 4.69) is 70.5 Å². The number of carbonyl (C=O) groups is 1. The van der Waals surface area contributed by atoms with Crippen LogP contribution in [0, 0.1) is 32.2 Å². The van der Waals surface area contributed by atoms with Crippen LogP contribution in [0.15, 0.2) is 30.5 Å². The third-order valence-electron chi connectivity index (χ3n) is 6.90. The zero-order chi connectivity index (χ0) is 22.7. The Kier molecular flexibility index (Phi) is 5.21. The van der Waals surface area contributed by atoms with E-state index in [0.717, 1.165) is 38.9 Å². The Morgan fingerprint density at radius 3 is 2.39 bits per heavy atom. The van der Waals surface area contributed by atoms with Gasteiger partial charge in [-0.2, -0.15) is 0 Å². The molecule has 31 heavy (non-hydrogen) atoms. The van der Waals surface area contributed by atoms with Gasteiger partial charge in [-0.3, -0.25) is 4.79 Å². The maximum Gasteiger partial charge on any atom is 0.254 e. The van der Waals surface area contributed by atoms with Crippen LogP contribution in [0.25, 0.3) is 10.9 Å². The molecule has 0 saturated heterocycles. The van der Waals surface area contributed by atoms with Crippen molar-refractivity contribution in [2.45, 2.75) is 66.7 Å². The number of nitrogens with one attached hydrogen (secondary N) is 1. The van der Waals surface area contributed by atoms with Gasteiger partial charge < -0.3 is 14.6 Å². The molecule has 0 spiro atoms. The van der Waals surface area contributed by atoms with Gasteiger partial charge in [-0.05, 0) is 70.7 Å². The van der Waals surface area contributed by atoms with Crippen molar-refractivity contribution in [2.75, 3.05) is 0 Å². The van der Waals surface area contributed by atoms with E-state index in [1.807, 2.05) is 18.3 Å². The summed E-state index contributed by atoms with van der Waals surface area (Å²) >= 11 is 5.87. The van der Waals surface area contributed by atoms with Gasteiger partial charge in [0.2, 0.25) is 0 Å². The number of hydrogen-bond donors (Lipinski definition) is 1. The van der Waals surface area contributed by atoms with Crippen molar-refractivity contribution in [3.63, 3.8) is 0 Å². The van der Waals surface area contributed by atoms with Gasteiger partial charge in [0.25, 0.3) is 5.91 Å². The van der Waals surface area contributed by atoms with E-state index in [1.54, 1.807) is 0 Å². The minimum Gasteiger partial charge on any atom is -0.483 e. The minimum absolute atomic E-state index is 0.0447. The number of benzene rings is 2. The molecule has 0 aliphatic carbocycles. The van der Waals surface area contributed by atoms with Crippen LogP contribution in [0.3, 0.4) is 0 Å². The van der Waals surface area contributed by atoms with Crippen molar-refractivity contribution in [3.8, 4) is 5.75 Å².